The molecule has 0 bridgehead atoms. The summed E-state index contributed by atoms with van der Waals surface area (Å²) in [5.74, 6) is -0.104. The summed E-state index contributed by atoms with van der Waals surface area (Å²) in [5, 5.41) is 14.6. The first-order valence-electron chi connectivity index (χ1n) is 7.12. The molecule has 1 aromatic rings. The Hall–Kier alpha value is -2.24. The maximum atomic E-state index is 11.6. The molecule has 1 N–H and O–H groups in total. The monoisotopic (exact) mass is 291 g/mol. The standard InChI is InChI=1S/C15H21N3O3/c1-3-4-5-6-7-15(19)17-16-12(2)13-8-10-14(11-9-13)18(20)21/h8-11H,3-7H2,1-2H3,(H,17,19)/b16-12+. The van der Waals surface area contributed by atoms with Gasteiger partial charge < -0.3 is 0 Å². The fourth-order valence-corrected chi connectivity index (χ4v) is 1.80. The van der Waals surface area contributed by atoms with Crippen molar-refractivity contribution >= 4 is 17.3 Å². The lowest BCUT2D eigenvalue weighted by atomic mass is 10.1. The quantitative estimate of drug-likeness (QED) is 0.345. The summed E-state index contributed by atoms with van der Waals surface area (Å²) in [4.78, 5) is 21.7. The minimum Gasteiger partial charge on any atom is -0.273 e. The Labute approximate surface area is 124 Å². The van der Waals surface area contributed by atoms with Gasteiger partial charge in [-0.05, 0) is 31.0 Å². The van der Waals surface area contributed by atoms with Gasteiger partial charge >= 0.3 is 0 Å². The fourth-order valence-electron chi connectivity index (χ4n) is 1.80. The maximum Gasteiger partial charge on any atom is 0.269 e. The van der Waals surface area contributed by atoms with Gasteiger partial charge in [0.05, 0.1) is 10.6 Å². The average molecular weight is 291 g/mol. The number of hydrazone groups is 1. The lowest BCUT2D eigenvalue weighted by Crippen LogP contribution is -2.18. The van der Waals surface area contributed by atoms with Crippen LogP contribution in [0.25, 0.3) is 0 Å². The largest absolute Gasteiger partial charge is 0.273 e. The fraction of sp³-hybridized carbons (Fsp3) is 0.467. The van der Waals surface area contributed by atoms with E-state index in [0.29, 0.717) is 12.1 Å². The van der Waals surface area contributed by atoms with E-state index in [4.69, 9.17) is 0 Å². The van der Waals surface area contributed by atoms with Gasteiger partial charge in [-0.2, -0.15) is 5.10 Å². The van der Waals surface area contributed by atoms with E-state index in [1.165, 1.54) is 12.1 Å². The first kappa shape index (κ1) is 16.8. The highest BCUT2D eigenvalue weighted by Crippen LogP contribution is 2.12. The number of nitro groups is 1. The van der Waals surface area contributed by atoms with Crippen molar-refractivity contribution in [1.82, 2.24) is 5.43 Å². The summed E-state index contributed by atoms with van der Waals surface area (Å²) in [6.45, 7) is 3.87. The third-order valence-electron chi connectivity index (χ3n) is 3.10. The molecule has 0 fully saturated rings. The van der Waals surface area contributed by atoms with Crippen molar-refractivity contribution in [1.29, 1.82) is 0 Å². The molecule has 21 heavy (non-hydrogen) atoms. The Bertz CT molecular complexity index is 509. The molecule has 6 nitrogen and oxygen atoms in total. The zero-order valence-corrected chi connectivity index (χ0v) is 12.5. The van der Waals surface area contributed by atoms with E-state index >= 15 is 0 Å². The third-order valence-corrected chi connectivity index (χ3v) is 3.10. The topological polar surface area (TPSA) is 84.6 Å². The Morgan fingerprint density at radius 3 is 2.48 bits per heavy atom. The molecule has 0 atom stereocenters. The summed E-state index contributed by atoms with van der Waals surface area (Å²) in [5.41, 5.74) is 3.90. The van der Waals surface area contributed by atoms with Crippen molar-refractivity contribution < 1.29 is 9.72 Å². The van der Waals surface area contributed by atoms with Crippen LogP contribution in [0.2, 0.25) is 0 Å². The molecule has 0 aromatic heterocycles. The number of hydrogen-bond donors (Lipinski definition) is 1. The van der Waals surface area contributed by atoms with E-state index in [1.807, 2.05) is 0 Å². The first-order valence-corrected chi connectivity index (χ1v) is 7.12. The summed E-state index contributed by atoms with van der Waals surface area (Å²) in [7, 11) is 0. The van der Waals surface area contributed by atoms with Gasteiger partial charge in [-0.15, -0.1) is 0 Å². The van der Waals surface area contributed by atoms with E-state index in [1.54, 1.807) is 19.1 Å². The average Bonchev–Trinajstić information content (AvgIpc) is 2.49. The van der Waals surface area contributed by atoms with Crippen LogP contribution in [0, 0.1) is 10.1 Å². The Morgan fingerprint density at radius 1 is 1.24 bits per heavy atom. The number of amides is 1. The summed E-state index contributed by atoms with van der Waals surface area (Å²) >= 11 is 0. The van der Waals surface area contributed by atoms with Crippen LogP contribution in [-0.4, -0.2) is 16.5 Å². The summed E-state index contributed by atoms with van der Waals surface area (Å²) in [6.07, 6.45) is 4.66. The van der Waals surface area contributed by atoms with Crippen LogP contribution in [-0.2, 0) is 4.79 Å². The molecule has 0 unspecified atom stereocenters. The number of unbranched alkanes of at least 4 members (excludes halogenated alkanes) is 3. The van der Waals surface area contributed by atoms with Gasteiger partial charge in [0.15, 0.2) is 0 Å². The zero-order valence-electron chi connectivity index (χ0n) is 12.5. The summed E-state index contributed by atoms with van der Waals surface area (Å²) in [6, 6.07) is 6.07. The van der Waals surface area contributed by atoms with Gasteiger partial charge in [-0.3, -0.25) is 14.9 Å². The van der Waals surface area contributed by atoms with Crippen LogP contribution in [0.15, 0.2) is 29.4 Å². The number of nitrogens with zero attached hydrogens (tertiary/aromatic N) is 2. The van der Waals surface area contributed by atoms with E-state index in [2.05, 4.69) is 17.5 Å². The normalized spacial score (nSPS) is 11.2. The number of carbonyl (C=O) groups is 1. The molecule has 0 aliphatic rings. The van der Waals surface area contributed by atoms with Crippen LogP contribution in [0.5, 0.6) is 0 Å². The van der Waals surface area contributed by atoms with Gasteiger partial charge in [0.1, 0.15) is 0 Å². The maximum absolute atomic E-state index is 11.6. The van der Waals surface area contributed by atoms with Crippen LogP contribution in [0.1, 0.15) is 51.5 Å². The minimum atomic E-state index is -0.450. The van der Waals surface area contributed by atoms with E-state index in [-0.39, 0.29) is 11.6 Å². The number of carbonyl (C=O) groups excluding carboxylic acids is 1. The van der Waals surface area contributed by atoms with Crippen LogP contribution >= 0.6 is 0 Å². The minimum absolute atomic E-state index is 0.0338. The van der Waals surface area contributed by atoms with Crippen LogP contribution in [0.3, 0.4) is 0 Å². The van der Waals surface area contributed by atoms with E-state index in [0.717, 1.165) is 31.2 Å². The molecule has 0 aliphatic carbocycles. The predicted octanol–water partition coefficient (Wildman–Crippen LogP) is 3.41. The molecule has 114 valence electrons. The van der Waals surface area contributed by atoms with Gasteiger partial charge in [-0.25, -0.2) is 5.43 Å². The highest BCUT2D eigenvalue weighted by Gasteiger charge is 2.06. The lowest BCUT2D eigenvalue weighted by Gasteiger charge is -2.03. The number of nitro benzene ring substituents is 1. The molecule has 0 saturated heterocycles. The second-order valence-corrected chi connectivity index (χ2v) is 4.85. The van der Waals surface area contributed by atoms with Gasteiger partial charge in [-0.1, -0.05) is 26.2 Å². The van der Waals surface area contributed by atoms with Gasteiger partial charge in [0.25, 0.3) is 5.69 Å². The molecule has 1 amide bonds. The SMILES string of the molecule is CCCCCCC(=O)N/N=C(\C)c1ccc([N+](=O)[O-])cc1. The van der Waals surface area contributed by atoms with E-state index in [9.17, 15) is 14.9 Å². The predicted molar refractivity (Wildman–Crippen MR) is 82.2 cm³/mol. The smallest absolute Gasteiger partial charge is 0.269 e. The molecule has 0 spiro atoms. The number of benzene rings is 1. The first-order chi connectivity index (χ1) is 10.0. The molecular formula is C15H21N3O3. The van der Waals surface area contributed by atoms with Gasteiger partial charge in [0.2, 0.25) is 5.91 Å². The molecule has 1 rings (SSSR count). The molecule has 0 aliphatic heterocycles. The Morgan fingerprint density at radius 2 is 1.90 bits per heavy atom. The van der Waals surface area contributed by atoms with Crippen molar-refractivity contribution in [2.24, 2.45) is 5.10 Å². The third kappa shape index (κ3) is 6.16. The second kappa shape index (κ2) is 8.84. The van der Waals surface area contributed by atoms with E-state index < -0.39 is 4.92 Å². The number of rotatable bonds is 8. The number of hydrogen-bond acceptors (Lipinski definition) is 4. The molecule has 6 heteroatoms. The molecule has 0 radical (unpaired) electrons. The summed E-state index contributed by atoms with van der Waals surface area (Å²) < 4.78 is 0. The molecule has 0 saturated carbocycles. The van der Waals surface area contributed by atoms with Crippen LogP contribution in [0.4, 0.5) is 5.69 Å². The van der Waals surface area contributed by atoms with Crippen molar-refractivity contribution in [3.8, 4) is 0 Å². The van der Waals surface area contributed by atoms with Crippen molar-refractivity contribution in [3.05, 3.63) is 39.9 Å². The Balaban J connectivity index is 2.48. The Kier molecular flexibility index (Phi) is 7.08. The lowest BCUT2D eigenvalue weighted by molar-refractivity contribution is -0.384. The van der Waals surface area contributed by atoms with Crippen molar-refractivity contribution in [3.63, 3.8) is 0 Å². The second-order valence-electron chi connectivity index (χ2n) is 4.85. The van der Waals surface area contributed by atoms with Gasteiger partial charge in [0, 0.05) is 18.6 Å². The highest BCUT2D eigenvalue weighted by atomic mass is 16.6. The molecule has 1 aromatic carbocycles. The molecular weight excluding hydrogens is 270 g/mol. The molecule has 0 heterocycles. The zero-order chi connectivity index (χ0) is 15.7. The van der Waals surface area contributed by atoms with Crippen molar-refractivity contribution in [2.45, 2.75) is 46.0 Å². The number of nitrogens with one attached hydrogen (secondary N) is 1. The highest BCUT2D eigenvalue weighted by molar-refractivity contribution is 5.99. The number of non-ortho nitro benzene ring substituents is 1. The van der Waals surface area contributed by atoms with Crippen LogP contribution < -0.4 is 5.43 Å². The van der Waals surface area contributed by atoms with Crippen molar-refractivity contribution in [2.75, 3.05) is 0 Å².